The third-order valence-corrected chi connectivity index (χ3v) is 3.49. The van der Waals surface area contributed by atoms with E-state index in [9.17, 15) is 0 Å². The van der Waals surface area contributed by atoms with Gasteiger partial charge in [-0.15, -0.1) is 0 Å². The van der Waals surface area contributed by atoms with Crippen LogP contribution in [0.1, 0.15) is 38.3 Å². The fraction of sp³-hybridized carbons (Fsp3) is 0.571. The third kappa shape index (κ3) is 4.58. The second-order valence-corrected chi connectivity index (χ2v) is 5.21. The predicted molar refractivity (Wildman–Crippen MR) is 75.1 cm³/mol. The van der Waals surface area contributed by atoms with E-state index in [-0.39, 0.29) is 0 Å². The fourth-order valence-corrected chi connectivity index (χ4v) is 2.45. The molecule has 0 saturated carbocycles. The number of hydrogen-bond acceptors (Lipinski definition) is 2. The first-order chi connectivity index (χ1) is 7.77. The average molecular weight is 237 g/mol. The van der Waals surface area contributed by atoms with Gasteiger partial charge in [-0.3, -0.25) is 0 Å². The van der Waals surface area contributed by atoms with E-state index in [0.717, 1.165) is 6.42 Å². The molecule has 0 bridgehead atoms. The van der Waals surface area contributed by atoms with Gasteiger partial charge in [-0.05, 0) is 37.3 Å². The van der Waals surface area contributed by atoms with Crippen LogP contribution in [0.4, 0.5) is 0 Å². The lowest BCUT2D eigenvalue weighted by Gasteiger charge is -2.22. The summed E-state index contributed by atoms with van der Waals surface area (Å²) in [5.41, 5.74) is 1.40. The molecule has 16 heavy (non-hydrogen) atoms. The van der Waals surface area contributed by atoms with Crippen molar-refractivity contribution < 1.29 is 0 Å². The van der Waals surface area contributed by atoms with Crippen molar-refractivity contribution in [3.05, 3.63) is 35.9 Å². The topological polar surface area (TPSA) is 12.0 Å². The second kappa shape index (κ2) is 7.75. The molecule has 2 heteroatoms. The molecule has 1 aromatic rings. The molecule has 0 aliphatic carbocycles. The minimum absolute atomic E-state index is 0.498. The fourth-order valence-electron chi connectivity index (χ4n) is 1.86. The maximum Gasteiger partial charge on any atom is 0.0319 e. The molecule has 1 N–H and O–H groups in total. The molecule has 0 radical (unpaired) electrons. The Bertz CT molecular complexity index is 273. The Kier molecular flexibility index (Phi) is 6.58. The molecule has 0 spiro atoms. The molecule has 0 aromatic heterocycles. The molecule has 1 rings (SSSR count). The van der Waals surface area contributed by atoms with Gasteiger partial charge in [-0.2, -0.15) is 11.8 Å². The van der Waals surface area contributed by atoms with Crippen LogP contribution in [0.5, 0.6) is 0 Å². The first-order valence-corrected chi connectivity index (χ1v) is 7.47. The monoisotopic (exact) mass is 237 g/mol. The zero-order valence-corrected chi connectivity index (χ0v) is 11.4. The molecular formula is C14H23NS. The van der Waals surface area contributed by atoms with Crippen LogP contribution in [0.25, 0.3) is 0 Å². The van der Waals surface area contributed by atoms with Gasteiger partial charge in [-0.25, -0.2) is 0 Å². The van der Waals surface area contributed by atoms with Crippen molar-refractivity contribution >= 4 is 11.8 Å². The van der Waals surface area contributed by atoms with E-state index in [1.807, 2.05) is 11.8 Å². The van der Waals surface area contributed by atoms with Crippen molar-refractivity contribution in [1.29, 1.82) is 0 Å². The quantitative estimate of drug-likeness (QED) is 0.772. The summed E-state index contributed by atoms with van der Waals surface area (Å²) >= 11 is 1.92. The number of rotatable bonds is 7. The Hall–Kier alpha value is -0.470. The normalized spacial score (nSPS) is 14.7. The first-order valence-electron chi connectivity index (χ1n) is 6.07. The van der Waals surface area contributed by atoms with Crippen LogP contribution < -0.4 is 5.32 Å². The molecule has 90 valence electrons. The van der Waals surface area contributed by atoms with Crippen LogP contribution in [-0.4, -0.2) is 18.1 Å². The summed E-state index contributed by atoms with van der Waals surface area (Å²) in [5, 5.41) is 3.70. The molecule has 0 amide bonds. The average Bonchev–Trinajstić information content (AvgIpc) is 2.34. The van der Waals surface area contributed by atoms with Gasteiger partial charge in [0.1, 0.15) is 0 Å². The minimum atomic E-state index is 0.498. The molecule has 0 aliphatic rings. The van der Waals surface area contributed by atoms with E-state index in [0.29, 0.717) is 12.1 Å². The zero-order valence-electron chi connectivity index (χ0n) is 10.6. The van der Waals surface area contributed by atoms with E-state index < -0.39 is 0 Å². The Morgan fingerprint density at radius 1 is 1.25 bits per heavy atom. The van der Waals surface area contributed by atoms with Gasteiger partial charge in [0, 0.05) is 12.1 Å². The lowest BCUT2D eigenvalue weighted by atomic mass is 10.0. The van der Waals surface area contributed by atoms with Gasteiger partial charge in [0.15, 0.2) is 0 Å². The zero-order chi connectivity index (χ0) is 11.8. The van der Waals surface area contributed by atoms with E-state index in [1.54, 1.807) is 0 Å². The van der Waals surface area contributed by atoms with Crippen LogP contribution in [0.3, 0.4) is 0 Å². The van der Waals surface area contributed by atoms with E-state index in [1.165, 1.54) is 17.7 Å². The van der Waals surface area contributed by atoms with E-state index >= 15 is 0 Å². The summed E-state index contributed by atoms with van der Waals surface area (Å²) in [5.74, 6) is 1.24. The van der Waals surface area contributed by atoms with Gasteiger partial charge in [-0.1, -0.05) is 37.3 Å². The van der Waals surface area contributed by atoms with Crippen molar-refractivity contribution in [3.63, 3.8) is 0 Å². The molecule has 2 unspecified atom stereocenters. The van der Waals surface area contributed by atoms with E-state index in [4.69, 9.17) is 0 Å². The van der Waals surface area contributed by atoms with Crippen molar-refractivity contribution in [2.45, 2.75) is 38.8 Å². The van der Waals surface area contributed by atoms with Gasteiger partial charge in [0.2, 0.25) is 0 Å². The Labute approximate surface area is 104 Å². The van der Waals surface area contributed by atoms with Gasteiger partial charge < -0.3 is 5.32 Å². The molecule has 0 fully saturated rings. The molecular weight excluding hydrogens is 214 g/mol. The molecule has 0 aliphatic heterocycles. The van der Waals surface area contributed by atoms with Crippen molar-refractivity contribution in [2.75, 3.05) is 12.0 Å². The Balaban J connectivity index is 2.49. The Morgan fingerprint density at radius 2 is 1.94 bits per heavy atom. The summed E-state index contributed by atoms with van der Waals surface area (Å²) < 4.78 is 0. The van der Waals surface area contributed by atoms with Crippen LogP contribution in [-0.2, 0) is 0 Å². The highest BCUT2D eigenvalue weighted by Gasteiger charge is 2.11. The second-order valence-electron chi connectivity index (χ2n) is 4.22. The summed E-state index contributed by atoms with van der Waals surface area (Å²) in [6.45, 7) is 4.52. The smallest absolute Gasteiger partial charge is 0.0319 e. The highest BCUT2D eigenvalue weighted by atomic mass is 32.2. The minimum Gasteiger partial charge on any atom is -0.307 e. The van der Waals surface area contributed by atoms with Gasteiger partial charge >= 0.3 is 0 Å². The van der Waals surface area contributed by atoms with Crippen molar-refractivity contribution in [1.82, 2.24) is 5.32 Å². The lowest BCUT2D eigenvalue weighted by Crippen LogP contribution is -2.30. The summed E-state index contributed by atoms with van der Waals surface area (Å²) in [6.07, 6.45) is 4.55. The van der Waals surface area contributed by atoms with Gasteiger partial charge in [0.25, 0.3) is 0 Å². The molecule has 1 nitrogen and oxygen atoms in total. The number of nitrogens with one attached hydrogen (secondary N) is 1. The summed E-state index contributed by atoms with van der Waals surface area (Å²) in [6, 6.07) is 11.8. The predicted octanol–water partition coefficient (Wildman–Crippen LogP) is 3.87. The molecule has 0 saturated heterocycles. The van der Waals surface area contributed by atoms with Crippen LogP contribution in [0, 0.1) is 0 Å². The van der Waals surface area contributed by atoms with Crippen molar-refractivity contribution in [2.24, 2.45) is 0 Å². The largest absolute Gasteiger partial charge is 0.307 e. The first kappa shape index (κ1) is 13.6. The highest BCUT2D eigenvalue weighted by molar-refractivity contribution is 7.98. The molecule has 2 atom stereocenters. The Morgan fingerprint density at radius 3 is 2.50 bits per heavy atom. The van der Waals surface area contributed by atoms with E-state index in [2.05, 4.69) is 55.8 Å². The van der Waals surface area contributed by atoms with Crippen LogP contribution in [0.2, 0.25) is 0 Å². The number of hydrogen-bond donors (Lipinski definition) is 1. The number of benzene rings is 1. The summed E-state index contributed by atoms with van der Waals surface area (Å²) in [7, 11) is 0. The summed E-state index contributed by atoms with van der Waals surface area (Å²) in [4.78, 5) is 0. The van der Waals surface area contributed by atoms with Gasteiger partial charge in [0.05, 0.1) is 0 Å². The molecule has 0 heterocycles. The maximum absolute atomic E-state index is 3.70. The third-order valence-electron chi connectivity index (χ3n) is 2.85. The highest BCUT2D eigenvalue weighted by Crippen LogP contribution is 2.17. The van der Waals surface area contributed by atoms with Crippen LogP contribution >= 0.6 is 11.8 Å². The molecule has 1 aromatic carbocycles. The van der Waals surface area contributed by atoms with Crippen molar-refractivity contribution in [3.8, 4) is 0 Å². The standard InChI is InChI=1S/C14H23NS/c1-4-14(13-8-6-5-7-9-13)15-12(2)10-11-16-3/h5-9,12,14-15H,4,10-11H2,1-3H3. The van der Waals surface area contributed by atoms with Crippen LogP contribution in [0.15, 0.2) is 30.3 Å². The number of thioether (sulfide) groups is 1. The lowest BCUT2D eigenvalue weighted by molar-refractivity contribution is 0.439. The maximum atomic E-state index is 3.70. The SMILES string of the molecule is CCC(NC(C)CCSC)c1ccccc1.